The maximum atomic E-state index is 12.7. The zero-order valence-corrected chi connectivity index (χ0v) is 14.5. The van der Waals surface area contributed by atoms with E-state index in [0.29, 0.717) is 24.3 Å². The van der Waals surface area contributed by atoms with E-state index in [1.54, 1.807) is 30.5 Å². The van der Waals surface area contributed by atoms with Crippen LogP contribution < -0.4 is 16.3 Å². The van der Waals surface area contributed by atoms with Crippen molar-refractivity contribution >= 4 is 24.2 Å². The highest BCUT2D eigenvalue weighted by Crippen LogP contribution is 2.15. The van der Waals surface area contributed by atoms with Crippen LogP contribution in [0, 0.1) is 0 Å². The molecule has 1 aliphatic rings. The number of pyridine rings is 1. The summed E-state index contributed by atoms with van der Waals surface area (Å²) in [6, 6.07) is 17.9. The smallest absolute Gasteiger partial charge is 0.423 e. The van der Waals surface area contributed by atoms with Gasteiger partial charge in [0.15, 0.2) is 0 Å². The number of hydrogen-bond acceptors (Lipinski definition) is 4. The summed E-state index contributed by atoms with van der Waals surface area (Å²) in [6.45, 7) is 0.733. The Morgan fingerprint density at radius 2 is 1.96 bits per heavy atom. The molecule has 134 valence electrons. The van der Waals surface area contributed by atoms with E-state index in [-0.39, 0.29) is 11.1 Å². The molecule has 0 radical (unpaired) electrons. The summed E-state index contributed by atoms with van der Waals surface area (Å²) in [5.74, 6) is -0.490. The average Bonchev–Trinajstić information content (AvgIpc) is 3.05. The number of nitrogens with zero attached hydrogens (tertiary/aromatic N) is 1. The van der Waals surface area contributed by atoms with E-state index in [4.69, 9.17) is 4.65 Å². The van der Waals surface area contributed by atoms with Crippen LogP contribution in [0.3, 0.4) is 0 Å². The summed E-state index contributed by atoms with van der Waals surface area (Å²) >= 11 is 0. The van der Waals surface area contributed by atoms with Crippen LogP contribution in [-0.2, 0) is 17.8 Å². The number of fused-ring (bicyclic) bond motifs is 1. The Balaban J connectivity index is 1.57. The molecule has 2 heterocycles. The molecule has 1 aromatic heterocycles. The molecule has 0 unspecified atom stereocenters. The molecule has 0 saturated heterocycles. The summed E-state index contributed by atoms with van der Waals surface area (Å²) in [7, 11) is -0.989. The van der Waals surface area contributed by atoms with Gasteiger partial charge in [0.1, 0.15) is 5.56 Å². The maximum absolute atomic E-state index is 12.7. The third-order valence-electron chi connectivity index (χ3n) is 4.53. The standard InChI is InChI=1S/C20H17BN2O4/c24-19(22-16-9-8-15-13-27-21(26)18(15)11-16)17-7-4-10-23(20(17)25)12-14-5-2-1-3-6-14/h1-11,26H,12-13H2,(H,22,24). The minimum atomic E-state index is -0.989. The molecule has 6 nitrogen and oxygen atoms in total. The predicted octanol–water partition coefficient (Wildman–Crippen LogP) is 1.37. The zero-order chi connectivity index (χ0) is 18.8. The van der Waals surface area contributed by atoms with Gasteiger partial charge in [-0.1, -0.05) is 36.4 Å². The Morgan fingerprint density at radius 1 is 1.15 bits per heavy atom. The summed E-state index contributed by atoms with van der Waals surface area (Å²) < 4.78 is 6.65. The molecular weight excluding hydrogens is 343 g/mol. The maximum Gasteiger partial charge on any atom is 0.491 e. The molecule has 0 fully saturated rings. The van der Waals surface area contributed by atoms with E-state index in [2.05, 4.69) is 5.32 Å². The normalized spacial score (nSPS) is 12.7. The van der Waals surface area contributed by atoms with Crippen molar-refractivity contribution in [3.63, 3.8) is 0 Å². The third kappa shape index (κ3) is 3.55. The van der Waals surface area contributed by atoms with Crippen LogP contribution in [0.15, 0.2) is 71.7 Å². The molecule has 1 aliphatic heterocycles. The largest absolute Gasteiger partial charge is 0.491 e. The highest BCUT2D eigenvalue weighted by Gasteiger charge is 2.27. The molecule has 0 spiro atoms. The molecule has 0 aliphatic carbocycles. The van der Waals surface area contributed by atoms with Crippen molar-refractivity contribution in [3.8, 4) is 0 Å². The second kappa shape index (κ2) is 7.22. The van der Waals surface area contributed by atoms with E-state index in [0.717, 1.165) is 11.1 Å². The van der Waals surface area contributed by atoms with Crippen LogP contribution >= 0.6 is 0 Å². The molecule has 2 aromatic carbocycles. The fourth-order valence-corrected chi connectivity index (χ4v) is 3.11. The van der Waals surface area contributed by atoms with Crippen molar-refractivity contribution in [3.05, 3.63) is 93.9 Å². The number of rotatable bonds is 4. The lowest BCUT2D eigenvalue weighted by atomic mass is 9.79. The molecule has 0 bridgehead atoms. The number of hydrogen-bond donors (Lipinski definition) is 2. The second-order valence-corrected chi connectivity index (χ2v) is 6.37. The van der Waals surface area contributed by atoms with Gasteiger partial charge < -0.3 is 19.6 Å². The van der Waals surface area contributed by atoms with Crippen molar-refractivity contribution in [1.29, 1.82) is 0 Å². The number of carbonyl (C=O) groups excluding carboxylic acids is 1. The quantitative estimate of drug-likeness (QED) is 0.689. The molecule has 27 heavy (non-hydrogen) atoms. The first-order chi connectivity index (χ1) is 13.1. The summed E-state index contributed by atoms with van der Waals surface area (Å²) in [6.07, 6.45) is 1.66. The van der Waals surface area contributed by atoms with Crippen LogP contribution in [0.25, 0.3) is 0 Å². The summed E-state index contributed by atoms with van der Waals surface area (Å²) in [4.78, 5) is 25.3. The van der Waals surface area contributed by atoms with Gasteiger partial charge in [0.2, 0.25) is 0 Å². The molecule has 1 amide bonds. The van der Waals surface area contributed by atoms with E-state index >= 15 is 0 Å². The predicted molar refractivity (Wildman–Crippen MR) is 103 cm³/mol. The number of anilines is 1. The van der Waals surface area contributed by atoms with E-state index in [9.17, 15) is 14.6 Å². The Bertz CT molecular complexity index is 1050. The lowest BCUT2D eigenvalue weighted by Gasteiger charge is -2.10. The van der Waals surface area contributed by atoms with E-state index in [1.165, 1.54) is 10.6 Å². The van der Waals surface area contributed by atoms with Gasteiger partial charge in [-0.2, -0.15) is 0 Å². The molecule has 2 N–H and O–H groups in total. The summed E-state index contributed by atoms with van der Waals surface area (Å²) in [5.41, 5.74) is 2.69. The van der Waals surface area contributed by atoms with E-state index in [1.807, 2.05) is 30.3 Å². The molecule has 0 atom stereocenters. The van der Waals surface area contributed by atoms with E-state index < -0.39 is 13.0 Å². The lowest BCUT2D eigenvalue weighted by Crippen LogP contribution is -2.30. The Kier molecular flexibility index (Phi) is 4.62. The number of nitrogens with one attached hydrogen (secondary N) is 1. The van der Waals surface area contributed by atoms with Crippen LogP contribution in [0.5, 0.6) is 0 Å². The van der Waals surface area contributed by atoms with Crippen LogP contribution in [0.1, 0.15) is 21.5 Å². The average molecular weight is 360 g/mol. The zero-order valence-electron chi connectivity index (χ0n) is 14.5. The molecule has 7 heteroatoms. The third-order valence-corrected chi connectivity index (χ3v) is 4.53. The van der Waals surface area contributed by atoms with Gasteiger partial charge in [-0.05, 0) is 40.9 Å². The Morgan fingerprint density at radius 3 is 2.78 bits per heavy atom. The van der Waals surface area contributed by atoms with Gasteiger partial charge in [0.25, 0.3) is 11.5 Å². The van der Waals surface area contributed by atoms with Gasteiger partial charge in [0, 0.05) is 11.9 Å². The molecule has 3 aromatic rings. The lowest BCUT2D eigenvalue weighted by molar-refractivity contribution is 0.102. The van der Waals surface area contributed by atoms with Crippen molar-refractivity contribution in [2.45, 2.75) is 13.2 Å². The fraction of sp³-hybridized carbons (Fsp3) is 0.100. The first-order valence-corrected chi connectivity index (χ1v) is 8.59. The van der Waals surface area contributed by atoms with Gasteiger partial charge in [0.05, 0.1) is 13.2 Å². The van der Waals surface area contributed by atoms with Crippen LogP contribution in [-0.4, -0.2) is 22.6 Å². The first kappa shape index (κ1) is 17.3. The molecule has 0 saturated carbocycles. The minimum absolute atomic E-state index is 0.0609. The van der Waals surface area contributed by atoms with Crippen LogP contribution in [0.4, 0.5) is 5.69 Å². The Labute approximate surface area is 156 Å². The highest BCUT2D eigenvalue weighted by atomic mass is 16.5. The fourth-order valence-electron chi connectivity index (χ4n) is 3.11. The van der Waals surface area contributed by atoms with Crippen molar-refractivity contribution < 1.29 is 14.5 Å². The van der Waals surface area contributed by atoms with Gasteiger partial charge in [-0.3, -0.25) is 9.59 Å². The molecular formula is C20H17BN2O4. The van der Waals surface area contributed by atoms with Crippen LogP contribution in [0.2, 0.25) is 0 Å². The number of amides is 1. The second-order valence-electron chi connectivity index (χ2n) is 6.37. The SMILES string of the molecule is O=C(Nc1ccc2c(c1)B(O)OC2)c1cccn(Cc2ccccc2)c1=O. The van der Waals surface area contributed by atoms with Gasteiger partial charge in [-0.15, -0.1) is 0 Å². The summed E-state index contributed by atoms with van der Waals surface area (Å²) in [5, 5.41) is 12.5. The van der Waals surface area contributed by atoms with Crippen molar-refractivity contribution in [2.75, 3.05) is 5.32 Å². The Hall–Kier alpha value is -3.16. The monoisotopic (exact) mass is 360 g/mol. The van der Waals surface area contributed by atoms with Gasteiger partial charge >= 0.3 is 7.12 Å². The number of benzene rings is 2. The van der Waals surface area contributed by atoms with Gasteiger partial charge in [-0.25, -0.2) is 0 Å². The molecule has 4 rings (SSSR count). The first-order valence-electron chi connectivity index (χ1n) is 8.59. The topological polar surface area (TPSA) is 80.6 Å². The number of aromatic nitrogens is 1. The van der Waals surface area contributed by atoms with Crippen molar-refractivity contribution in [2.24, 2.45) is 0 Å². The van der Waals surface area contributed by atoms with Crippen molar-refractivity contribution in [1.82, 2.24) is 4.57 Å². The highest BCUT2D eigenvalue weighted by molar-refractivity contribution is 6.61. The minimum Gasteiger partial charge on any atom is -0.423 e. The number of carbonyl (C=O) groups is 1.